The first-order chi connectivity index (χ1) is 15.7. The number of amides is 1. The van der Waals surface area contributed by atoms with Crippen LogP contribution in [-0.2, 0) is 16.1 Å². The van der Waals surface area contributed by atoms with Gasteiger partial charge in [-0.2, -0.15) is 0 Å². The number of carbonyl (C=O) groups is 1. The van der Waals surface area contributed by atoms with Crippen LogP contribution in [-0.4, -0.2) is 40.9 Å². The molecule has 1 aromatic carbocycles. The third-order valence-electron chi connectivity index (χ3n) is 5.64. The molecular formula is C25H24N4O3. The molecule has 162 valence electrons. The van der Waals surface area contributed by atoms with Crippen molar-refractivity contribution in [1.82, 2.24) is 9.97 Å². The Morgan fingerprint density at radius 3 is 2.75 bits per heavy atom. The molecule has 32 heavy (non-hydrogen) atoms. The number of nitrogens with one attached hydrogen (secondary N) is 1. The van der Waals surface area contributed by atoms with Crippen molar-refractivity contribution in [2.75, 3.05) is 18.5 Å². The lowest BCUT2D eigenvalue weighted by Crippen LogP contribution is -2.27. The first kappa shape index (κ1) is 20.3. The fourth-order valence-electron chi connectivity index (χ4n) is 4.12. The zero-order chi connectivity index (χ0) is 21.9. The largest absolute Gasteiger partial charge is 0.474 e. The van der Waals surface area contributed by atoms with Crippen LogP contribution in [0.15, 0.2) is 59.9 Å². The summed E-state index contributed by atoms with van der Waals surface area (Å²) in [5, 5.41) is 2.88. The lowest BCUT2D eigenvalue weighted by molar-refractivity contribution is -0.114. The van der Waals surface area contributed by atoms with Gasteiger partial charge in [0.2, 0.25) is 11.8 Å². The summed E-state index contributed by atoms with van der Waals surface area (Å²) in [6, 6.07) is 13.6. The number of aromatic nitrogens is 2. The fraction of sp³-hybridized carbons (Fsp3) is 0.280. The predicted octanol–water partition coefficient (Wildman–Crippen LogP) is 4.01. The molecule has 0 unspecified atom stereocenters. The second kappa shape index (κ2) is 8.88. The first-order valence-corrected chi connectivity index (χ1v) is 10.8. The monoisotopic (exact) mass is 428 g/mol. The predicted molar refractivity (Wildman–Crippen MR) is 122 cm³/mol. The maximum absolute atomic E-state index is 11.6. The van der Waals surface area contributed by atoms with E-state index in [0.29, 0.717) is 25.6 Å². The lowest BCUT2D eigenvalue weighted by atomic mass is 9.99. The molecule has 0 atom stereocenters. The average molecular weight is 428 g/mol. The Morgan fingerprint density at radius 2 is 1.91 bits per heavy atom. The average Bonchev–Trinajstić information content (AvgIpc) is 3.25. The molecule has 1 saturated heterocycles. The third kappa shape index (κ3) is 4.11. The second-order valence-electron chi connectivity index (χ2n) is 7.90. The Morgan fingerprint density at radius 1 is 1.09 bits per heavy atom. The summed E-state index contributed by atoms with van der Waals surface area (Å²) in [5.41, 5.74) is 6.20. The Kier molecular flexibility index (Phi) is 5.64. The molecule has 7 nitrogen and oxygen atoms in total. The number of fused-ring (bicyclic) bond motifs is 1. The van der Waals surface area contributed by atoms with Gasteiger partial charge in [-0.1, -0.05) is 18.2 Å². The Balaban J connectivity index is 1.50. The number of aliphatic imine (C=N–C) groups is 1. The molecular weight excluding hydrogens is 404 g/mol. The van der Waals surface area contributed by atoms with Crippen molar-refractivity contribution < 1.29 is 14.3 Å². The molecule has 0 saturated carbocycles. The summed E-state index contributed by atoms with van der Waals surface area (Å²) >= 11 is 0. The molecule has 0 spiro atoms. The normalized spacial score (nSPS) is 15.7. The minimum Gasteiger partial charge on any atom is -0.474 e. The zero-order valence-electron chi connectivity index (χ0n) is 17.9. The summed E-state index contributed by atoms with van der Waals surface area (Å²) in [7, 11) is 0. The van der Waals surface area contributed by atoms with Crippen LogP contribution in [0, 0.1) is 0 Å². The van der Waals surface area contributed by atoms with Gasteiger partial charge in [0.1, 0.15) is 6.10 Å². The maximum atomic E-state index is 11.6. The number of ether oxygens (including phenoxy) is 2. The van der Waals surface area contributed by atoms with Gasteiger partial charge in [-0.15, -0.1) is 0 Å². The van der Waals surface area contributed by atoms with E-state index in [0.717, 1.165) is 52.2 Å². The smallest absolute Gasteiger partial charge is 0.223 e. The number of hydrogen-bond acceptors (Lipinski definition) is 6. The highest BCUT2D eigenvalue weighted by Crippen LogP contribution is 2.33. The zero-order valence-corrected chi connectivity index (χ0v) is 17.9. The number of para-hydroxylation sites is 1. The van der Waals surface area contributed by atoms with E-state index in [1.165, 1.54) is 6.92 Å². The van der Waals surface area contributed by atoms with Crippen molar-refractivity contribution in [3.05, 3.63) is 71.5 Å². The van der Waals surface area contributed by atoms with Crippen molar-refractivity contribution in [2.24, 2.45) is 4.99 Å². The molecule has 7 heteroatoms. The molecule has 2 aromatic heterocycles. The molecule has 1 N–H and O–H groups in total. The number of pyridine rings is 2. The SMILES string of the molecule is CC(=O)Nc1ccccc1-c1cc(C2=NCc3ccnc(OC4CCOCC4)c32)ccn1. The summed E-state index contributed by atoms with van der Waals surface area (Å²) < 4.78 is 11.7. The quantitative estimate of drug-likeness (QED) is 0.664. The Hall–Kier alpha value is -3.58. The van der Waals surface area contributed by atoms with Gasteiger partial charge in [0.05, 0.1) is 42.4 Å². The number of rotatable bonds is 5. The third-order valence-corrected chi connectivity index (χ3v) is 5.64. The number of carbonyl (C=O) groups excluding carboxylic acids is 1. The van der Waals surface area contributed by atoms with Crippen LogP contribution in [0.3, 0.4) is 0 Å². The van der Waals surface area contributed by atoms with Crippen LogP contribution in [0.1, 0.15) is 36.5 Å². The van der Waals surface area contributed by atoms with Gasteiger partial charge in [0, 0.05) is 43.3 Å². The topological polar surface area (TPSA) is 85.7 Å². The van der Waals surface area contributed by atoms with E-state index in [4.69, 9.17) is 14.5 Å². The van der Waals surface area contributed by atoms with E-state index < -0.39 is 0 Å². The maximum Gasteiger partial charge on any atom is 0.223 e. The first-order valence-electron chi connectivity index (χ1n) is 10.8. The van der Waals surface area contributed by atoms with Gasteiger partial charge in [-0.3, -0.25) is 14.8 Å². The summed E-state index contributed by atoms with van der Waals surface area (Å²) in [6.07, 6.45) is 5.37. The highest BCUT2D eigenvalue weighted by molar-refractivity contribution is 6.16. The molecule has 4 heterocycles. The van der Waals surface area contributed by atoms with Gasteiger partial charge in [0.25, 0.3) is 0 Å². The number of nitrogens with zero attached hydrogens (tertiary/aromatic N) is 3. The van der Waals surface area contributed by atoms with Gasteiger partial charge in [-0.25, -0.2) is 4.98 Å². The van der Waals surface area contributed by atoms with Crippen molar-refractivity contribution in [3.63, 3.8) is 0 Å². The van der Waals surface area contributed by atoms with Crippen molar-refractivity contribution >= 4 is 17.3 Å². The van der Waals surface area contributed by atoms with E-state index in [1.54, 1.807) is 12.4 Å². The standard InChI is InChI=1S/C25H24N4O3/c1-16(30)29-21-5-3-2-4-20(21)22-14-17(6-10-26-22)24-23-18(15-28-24)7-11-27-25(23)32-19-8-12-31-13-9-19/h2-7,10-11,14,19H,8-9,12-13,15H2,1H3,(H,29,30). The molecule has 2 aliphatic rings. The summed E-state index contributed by atoms with van der Waals surface area (Å²) in [6.45, 7) is 3.51. The number of hydrogen-bond donors (Lipinski definition) is 1. The summed E-state index contributed by atoms with van der Waals surface area (Å²) in [4.78, 5) is 25.5. The Bertz CT molecular complexity index is 1190. The van der Waals surface area contributed by atoms with Gasteiger partial charge in [0.15, 0.2) is 0 Å². The van der Waals surface area contributed by atoms with Crippen LogP contribution in [0.25, 0.3) is 11.3 Å². The highest BCUT2D eigenvalue weighted by Gasteiger charge is 2.26. The molecule has 0 aliphatic carbocycles. The van der Waals surface area contributed by atoms with Gasteiger partial charge >= 0.3 is 0 Å². The molecule has 2 aliphatic heterocycles. The van der Waals surface area contributed by atoms with Crippen LogP contribution in [0.2, 0.25) is 0 Å². The van der Waals surface area contributed by atoms with E-state index in [1.807, 2.05) is 42.5 Å². The van der Waals surface area contributed by atoms with E-state index in [9.17, 15) is 4.79 Å². The van der Waals surface area contributed by atoms with Crippen molar-refractivity contribution in [2.45, 2.75) is 32.4 Å². The van der Waals surface area contributed by atoms with Crippen LogP contribution < -0.4 is 10.1 Å². The number of benzene rings is 1. The minimum absolute atomic E-state index is 0.0992. The lowest BCUT2D eigenvalue weighted by Gasteiger charge is -2.24. The molecule has 0 bridgehead atoms. The van der Waals surface area contributed by atoms with E-state index in [2.05, 4.69) is 15.3 Å². The van der Waals surface area contributed by atoms with E-state index >= 15 is 0 Å². The van der Waals surface area contributed by atoms with Gasteiger partial charge < -0.3 is 14.8 Å². The van der Waals surface area contributed by atoms with Gasteiger partial charge in [-0.05, 0) is 29.8 Å². The Labute approximate surface area is 186 Å². The molecule has 1 amide bonds. The van der Waals surface area contributed by atoms with E-state index in [-0.39, 0.29) is 12.0 Å². The minimum atomic E-state index is -0.122. The molecule has 1 fully saturated rings. The summed E-state index contributed by atoms with van der Waals surface area (Å²) in [5.74, 6) is 0.506. The van der Waals surface area contributed by atoms with Crippen LogP contribution in [0.5, 0.6) is 5.88 Å². The van der Waals surface area contributed by atoms with Crippen LogP contribution in [0.4, 0.5) is 5.69 Å². The molecule has 0 radical (unpaired) electrons. The number of anilines is 1. The van der Waals surface area contributed by atoms with Crippen molar-refractivity contribution in [3.8, 4) is 17.1 Å². The van der Waals surface area contributed by atoms with Crippen molar-refractivity contribution in [1.29, 1.82) is 0 Å². The fourth-order valence-corrected chi connectivity index (χ4v) is 4.12. The second-order valence-corrected chi connectivity index (χ2v) is 7.90. The highest BCUT2D eigenvalue weighted by atomic mass is 16.5. The molecule has 3 aromatic rings. The molecule has 5 rings (SSSR count). The van der Waals surface area contributed by atoms with Crippen LogP contribution >= 0.6 is 0 Å².